The lowest BCUT2D eigenvalue weighted by atomic mass is 9.79. The molecule has 2 aliphatic carbocycles. The van der Waals surface area contributed by atoms with Crippen LogP contribution in [0.5, 0.6) is 0 Å². The van der Waals surface area contributed by atoms with E-state index < -0.39 is 18.1 Å². The summed E-state index contributed by atoms with van der Waals surface area (Å²) in [5.41, 5.74) is 0.390. The molecule has 1 saturated carbocycles. The number of hydrogen-bond acceptors (Lipinski definition) is 5. The van der Waals surface area contributed by atoms with Crippen LogP contribution in [0.3, 0.4) is 0 Å². The van der Waals surface area contributed by atoms with Crippen LogP contribution >= 0.6 is 0 Å². The molecule has 1 fully saturated rings. The molecule has 0 bridgehead atoms. The number of rotatable bonds is 2. The number of ketones is 1. The maximum absolute atomic E-state index is 12.2. The topological polar surface area (TPSA) is 111 Å². The molecule has 1 aromatic carbocycles. The number of allylic oxidation sites excluding steroid dienone is 2. The molecule has 0 heterocycles. The van der Waals surface area contributed by atoms with Crippen molar-refractivity contribution in [3.05, 3.63) is 41.8 Å². The summed E-state index contributed by atoms with van der Waals surface area (Å²) in [6, 6.07) is 8.00. The largest absolute Gasteiger partial charge is 0.510 e. The second-order valence-corrected chi connectivity index (χ2v) is 5.77. The minimum Gasteiger partial charge on any atom is -0.510 e. The van der Waals surface area contributed by atoms with Gasteiger partial charge in [-0.25, -0.2) is 4.79 Å². The summed E-state index contributed by atoms with van der Waals surface area (Å²) in [5.74, 6) is -1.27. The van der Waals surface area contributed by atoms with E-state index in [-0.39, 0.29) is 23.2 Å². The van der Waals surface area contributed by atoms with Crippen molar-refractivity contribution in [2.75, 3.05) is 5.32 Å². The SMILES string of the molecule is O=C(N=NC1=C(O)C2CC(O)CCC2C1=O)Nc1ccccc1. The van der Waals surface area contributed by atoms with Crippen LogP contribution in [0.15, 0.2) is 52.0 Å². The second-order valence-electron chi connectivity index (χ2n) is 5.77. The smallest absolute Gasteiger partial charge is 0.364 e. The first-order valence-corrected chi connectivity index (χ1v) is 7.49. The number of benzene rings is 1. The monoisotopic (exact) mass is 315 g/mol. The van der Waals surface area contributed by atoms with Crippen molar-refractivity contribution in [2.24, 2.45) is 22.1 Å². The minimum absolute atomic E-state index is 0.169. The quantitative estimate of drug-likeness (QED) is 0.728. The first-order chi connectivity index (χ1) is 11.1. The molecule has 120 valence electrons. The standard InChI is InChI=1S/C16H17N3O4/c20-10-6-7-11-12(8-10)15(22)13(14(11)21)18-19-16(23)17-9-4-2-1-3-5-9/h1-5,10-12,20,22H,6-8H2,(H,17,23). The van der Waals surface area contributed by atoms with Crippen molar-refractivity contribution < 1.29 is 19.8 Å². The number of Topliss-reactive ketones (excluding diaryl/α,β-unsaturated/α-hetero) is 1. The molecule has 23 heavy (non-hydrogen) atoms. The maximum Gasteiger partial charge on any atom is 0.364 e. The van der Waals surface area contributed by atoms with Gasteiger partial charge >= 0.3 is 6.03 Å². The van der Waals surface area contributed by atoms with Gasteiger partial charge in [0.05, 0.1) is 6.10 Å². The number of aliphatic hydroxyl groups excluding tert-OH is 2. The number of nitrogens with one attached hydrogen (secondary N) is 1. The van der Waals surface area contributed by atoms with Crippen LogP contribution in [0.1, 0.15) is 19.3 Å². The summed E-state index contributed by atoms with van der Waals surface area (Å²) >= 11 is 0. The van der Waals surface area contributed by atoms with Gasteiger partial charge in [-0.05, 0) is 31.4 Å². The molecule has 7 nitrogen and oxygen atoms in total. The Morgan fingerprint density at radius 2 is 1.91 bits per heavy atom. The summed E-state index contributed by atoms with van der Waals surface area (Å²) in [7, 11) is 0. The first kappa shape index (κ1) is 15.4. The molecule has 3 unspecified atom stereocenters. The summed E-state index contributed by atoms with van der Waals surface area (Å²) in [4.78, 5) is 24.0. The van der Waals surface area contributed by atoms with Gasteiger partial charge in [0.25, 0.3) is 0 Å². The number of aliphatic hydroxyl groups is 2. The van der Waals surface area contributed by atoms with E-state index in [4.69, 9.17) is 0 Å². The zero-order valence-corrected chi connectivity index (χ0v) is 12.3. The number of urea groups is 1. The van der Waals surface area contributed by atoms with Crippen molar-refractivity contribution in [1.82, 2.24) is 0 Å². The molecule has 0 aromatic heterocycles. The number of fused-ring (bicyclic) bond motifs is 1. The third kappa shape index (κ3) is 3.14. The van der Waals surface area contributed by atoms with Crippen molar-refractivity contribution >= 4 is 17.5 Å². The van der Waals surface area contributed by atoms with Crippen LogP contribution in [0.4, 0.5) is 10.5 Å². The van der Waals surface area contributed by atoms with Crippen molar-refractivity contribution in [3.63, 3.8) is 0 Å². The van der Waals surface area contributed by atoms with E-state index in [0.29, 0.717) is 24.9 Å². The molecule has 2 aliphatic rings. The number of anilines is 1. The Labute approximate surface area is 132 Å². The molecule has 3 rings (SSSR count). The van der Waals surface area contributed by atoms with Crippen LogP contribution in [-0.2, 0) is 4.79 Å². The van der Waals surface area contributed by atoms with Gasteiger partial charge in [0.1, 0.15) is 5.76 Å². The van der Waals surface area contributed by atoms with E-state index in [1.807, 2.05) is 6.07 Å². The minimum atomic E-state index is -0.723. The fourth-order valence-corrected chi connectivity index (χ4v) is 3.11. The lowest BCUT2D eigenvalue weighted by molar-refractivity contribution is -0.120. The van der Waals surface area contributed by atoms with Crippen molar-refractivity contribution in [1.29, 1.82) is 0 Å². The fourth-order valence-electron chi connectivity index (χ4n) is 3.11. The van der Waals surface area contributed by atoms with E-state index in [1.165, 1.54) is 0 Å². The Hall–Kier alpha value is -2.54. The molecule has 3 N–H and O–H groups in total. The second kappa shape index (κ2) is 6.29. The Morgan fingerprint density at radius 3 is 2.65 bits per heavy atom. The summed E-state index contributed by atoms with van der Waals surface area (Å²) in [6.07, 6.45) is 0.837. The zero-order valence-electron chi connectivity index (χ0n) is 12.3. The molecule has 1 aromatic rings. The Balaban J connectivity index is 1.71. The van der Waals surface area contributed by atoms with Gasteiger partial charge in [0.2, 0.25) is 0 Å². The van der Waals surface area contributed by atoms with Crippen molar-refractivity contribution in [3.8, 4) is 0 Å². The summed E-state index contributed by atoms with van der Waals surface area (Å²) < 4.78 is 0. The highest BCUT2D eigenvalue weighted by atomic mass is 16.3. The fraction of sp³-hybridized carbons (Fsp3) is 0.375. The van der Waals surface area contributed by atoms with E-state index >= 15 is 0 Å². The van der Waals surface area contributed by atoms with Gasteiger partial charge < -0.3 is 15.5 Å². The van der Waals surface area contributed by atoms with Gasteiger partial charge in [-0.15, -0.1) is 5.11 Å². The Bertz CT molecular complexity index is 684. The average molecular weight is 315 g/mol. The van der Waals surface area contributed by atoms with E-state index in [1.54, 1.807) is 24.3 Å². The first-order valence-electron chi connectivity index (χ1n) is 7.49. The Kier molecular flexibility index (Phi) is 4.20. The zero-order chi connectivity index (χ0) is 16.4. The van der Waals surface area contributed by atoms with Crippen LogP contribution in [0.2, 0.25) is 0 Å². The lowest BCUT2D eigenvalue weighted by Gasteiger charge is -2.27. The molecule has 2 amide bonds. The van der Waals surface area contributed by atoms with Crippen LogP contribution < -0.4 is 5.32 Å². The van der Waals surface area contributed by atoms with E-state index in [9.17, 15) is 19.8 Å². The highest BCUT2D eigenvalue weighted by Gasteiger charge is 2.45. The molecule has 0 spiro atoms. The number of azo groups is 1. The van der Waals surface area contributed by atoms with Gasteiger partial charge in [-0.1, -0.05) is 23.3 Å². The molecule has 7 heteroatoms. The van der Waals surface area contributed by atoms with Crippen LogP contribution in [0.25, 0.3) is 0 Å². The summed E-state index contributed by atoms with van der Waals surface area (Å²) in [6.45, 7) is 0. The maximum atomic E-state index is 12.2. The molecule has 0 saturated heterocycles. The molecular weight excluding hydrogens is 298 g/mol. The van der Waals surface area contributed by atoms with Crippen molar-refractivity contribution in [2.45, 2.75) is 25.4 Å². The normalized spacial score (nSPS) is 27.3. The third-order valence-electron chi connectivity index (χ3n) is 4.25. The number of hydrogen-bond donors (Lipinski definition) is 3. The number of para-hydroxylation sites is 1. The highest BCUT2D eigenvalue weighted by Crippen LogP contribution is 2.43. The van der Waals surface area contributed by atoms with E-state index in [2.05, 4.69) is 15.5 Å². The molecule has 3 atom stereocenters. The van der Waals surface area contributed by atoms with Gasteiger partial charge in [0.15, 0.2) is 11.5 Å². The number of amides is 2. The van der Waals surface area contributed by atoms with Gasteiger partial charge in [-0.2, -0.15) is 0 Å². The predicted octanol–water partition coefficient (Wildman–Crippen LogP) is 2.80. The van der Waals surface area contributed by atoms with Gasteiger partial charge in [-0.3, -0.25) is 4.79 Å². The average Bonchev–Trinajstić information content (AvgIpc) is 2.77. The highest BCUT2D eigenvalue weighted by molar-refractivity contribution is 6.00. The van der Waals surface area contributed by atoms with E-state index in [0.717, 1.165) is 0 Å². The molecular formula is C16H17N3O4. The molecule has 0 aliphatic heterocycles. The predicted molar refractivity (Wildman–Crippen MR) is 81.8 cm³/mol. The van der Waals surface area contributed by atoms with Crippen LogP contribution in [0, 0.1) is 11.8 Å². The summed E-state index contributed by atoms with van der Waals surface area (Å²) in [5, 5.41) is 29.4. The number of carbonyl (C=O) groups excluding carboxylic acids is 2. The van der Waals surface area contributed by atoms with Gasteiger partial charge in [0, 0.05) is 17.5 Å². The molecule has 0 radical (unpaired) electrons. The third-order valence-corrected chi connectivity index (χ3v) is 4.25. The number of nitrogens with zero attached hydrogens (tertiary/aromatic N) is 2. The lowest BCUT2D eigenvalue weighted by Crippen LogP contribution is -2.29. The Morgan fingerprint density at radius 1 is 1.17 bits per heavy atom. The number of carbonyl (C=O) groups is 2. The van der Waals surface area contributed by atoms with Crippen LogP contribution in [-0.4, -0.2) is 28.1 Å².